The van der Waals surface area contributed by atoms with Crippen LogP contribution in [-0.4, -0.2) is 35.5 Å². The highest BCUT2D eigenvalue weighted by molar-refractivity contribution is 7.13. The van der Waals surface area contributed by atoms with E-state index < -0.39 is 0 Å². The lowest BCUT2D eigenvalue weighted by atomic mass is 10.2. The van der Waals surface area contributed by atoms with Crippen molar-refractivity contribution < 1.29 is 4.79 Å². The molecule has 2 aromatic rings. The maximum absolute atomic E-state index is 12.4. The lowest BCUT2D eigenvalue weighted by molar-refractivity contribution is -0.125. The molecule has 1 atom stereocenters. The fourth-order valence-corrected chi connectivity index (χ4v) is 3.28. The van der Waals surface area contributed by atoms with Gasteiger partial charge in [-0.2, -0.15) is 0 Å². The lowest BCUT2D eigenvalue weighted by Crippen LogP contribution is -2.45. The summed E-state index contributed by atoms with van der Waals surface area (Å²) in [6.45, 7) is 0.753. The van der Waals surface area contributed by atoms with Gasteiger partial charge in [-0.1, -0.05) is 24.1 Å². The van der Waals surface area contributed by atoms with Crippen LogP contribution in [0, 0.1) is 11.8 Å². The third-order valence-corrected chi connectivity index (χ3v) is 4.60. The number of carbonyl (C=O) groups is 1. The van der Waals surface area contributed by atoms with E-state index in [-0.39, 0.29) is 12.1 Å². The standard InChI is InChI=1S/C17H17N3OS/c1-19(17-18-11-13-22-17)15-8-5-12-20(15)16(21)10-9-14-6-3-2-4-7-14/h2-4,6-7,11,13,15H,5,8,12H2,1H3. The SMILES string of the molecule is CN(c1nccs1)C1CCCN1C(=O)C#Cc1ccccc1. The van der Waals surface area contributed by atoms with E-state index in [0.717, 1.165) is 30.1 Å². The van der Waals surface area contributed by atoms with Gasteiger partial charge in [-0.15, -0.1) is 11.3 Å². The maximum Gasteiger partial charge on any atom is 0.300 e. The van der Waals surface area contributed by atoms with Crippen LogP contribution in [0.3, 0.4) is 0 Å². The molecule has 1 aromatic heterocycles. The molecule has 0 spiro atoms. The van der Waals surface area contributed by atoms with E-state index in [1.807, 2.05) is 47.7 Å². The van der Waals surface area contributed by atoms with Gasteiger partial charge in [0.1, 0.15) is 6.17 Å². The molecule has 1 aliphatic heterocycles. The van der Waals surface area contributed by atoms with Gasteiger partial charge in [-0.3, -0.25) is 4.79 Å². The highest BCUT2D eigenvalue weighted by Crippen LogP contribution is 2.26. The van der Waals surface area contributed by atoms with Crippen molar-refractivity contribution in [3.05, 3.63) is 47.5 Å². The summed E-state index contributed by atoms with van der Waals surface area (Å²) >= 11 is 1.58. The van der Waals surface area contributed by atoms with Crippen LogP contribution < -0.4 is 4.90 Å². The summed E-state index contributed by atoms with van der Waals surface area (Å²) in [5, 5.41) is 2.88. The molecule has 1 fully saturated rings. The molecule has 1 saturated heterocycles. The average molecular weight is 311 g/mol. The van der Waals surface area contributed by atoms with Gasteiger partial charge in [0.15, 0.2) is 5.13 Å². The van der Waals surface area contributed by atoms with E-state index >= 15 is 0 Å². The Morgan fingerprint density at radius 2 is 2.23 bits per heavy atom. The number of benzene rings is 1. The maximum atomic E-state index is 12.4. The van der Waals surface area contributed by atoms with Gasteiger partial charge >= 0.3 is 0 Å². The summed E-state index contributed by atoms with van der Waals surface area (Å²) < 4.78 is 0. The molecular formula is C17H17N3OS. The predicted molar refractivity (Wildman–Crippen MR) is 88.6 cm³/mol. The molecule has 1 amide bonds. The van der Waals surface area contributed by atoms with Gasteiger partial charge < -0.3 is 9.80 Å². The molecular weight excluding hydrogens is 294 g/mol. The predicted octanol–water partition coefficient (Wildman–Crippen LogP) is 2.58. The minimum atomic E-state index is -0.116. The Bertz CT molecular complexity index is 688. The molecule has 5 heteroatoms. The van der Waals surface area contributed by atoms with Crippen LogP contribution in [0.25, 0.3) is 0 Å². The van der Waals surface area contributed by atoms with Crippen molar-refractivity contribution >= 4 is 22.4 Å². The zero-order valence-electron chi connectivity index (χ0n) is 12.4. The third kappa shape index (κ3) is 3.12. The van der Waals surface area contributed by atoms with E-state index in [9.17, 15) is 4.79 Å². The second kappa shape index (κ2) is 6.63. The first kappa shape index (κ1) is 14.6. The smallest absolute Gasteiger partial charge is 0.300 e. The van der Waals surface area contributed by atoms with Gasteiger partial charge in [0, 0.05) is 36.7 Å². The number of hydrogen-bond donors (Lipinski definition) is 0. The van der Waals surface area contributed by atoms with E-state index in [1.165, 1.54) is 0 Å². The zero-order valence-corrected chi connectivity index (χ0v) is 13.2. The van der Waals surface area contributed by atoms with Crippen molar-refractivity contribution in [2.75, 3.05) is 18.5 Å². The molecule has 22 heavy (non-hydrogen) atoms. The highest BCUT2D eigenvalue weighted by Gasteiger charge is 2.31. The number of rotatable bonds is 2. The van der Waals surface area contributed by atoms with Crippen LogP contribution in [0.15, 0.2) is 41.9 Å². The van der Waals surface area contributed by atoms with E-state index in [4.69, 9.17) is 0 Å². The van der Waals surface area contributed by atoms with E-state index in [1.54, 1.807) is 17.5 Å². The number of likely N-dealkylation sites (tertiary alicyclic amines) is 1. The molecule has 0 bridgehead atoms. The van der Waals surface area contributed by atoms with Gasteiger partial charge in [-0.25, -0.2) is 4.98 Å². The fraction of sp³-hybridized carbons (Fsp3) is 0.294. The van der Waals surface area contributed by atoms with Crippen LogP contribution in [0.2, 0.25) is 0 Å². The molecule has 112 valence electrons. The second-order valence-electron chi connectivity index (χ2n) is 5.16. The van der Waals surface area contributed by atoms with Gasteiger partial charge in [0.2, 0.25) is 0 Å². The number of nitrogens with zero attached hydrogens (tertiary/aromatic N) is 3. The fourth-order valence-electron chi connectivity index (χ4n) is 2.63. The number of amides is 1. The number of anilines is 1. The number of hydrogen-bond acceptors (Lipinski definition) is 4. The minimum absolute atomic E-state index is 0.0451. The molecule has 4 nitrogen and oxygen atoms in total. The first-order chi connectivity index (χ1) is 10.8. The molecule has 1 unspecified atom stereocenters. The number of carbonyl (C=O) groups excluding carboxylic acids is 1. The Balaban J connectivity index is 1.73. The Kier molecular flexibility index (Phi) is 4.40. The Hall–Kier alpha value is -2.32. The summed E-state index contributed by atoms with van der Waals surface area (Å²) in [4.78, 5) is 20.6. The van der Waals surface area contributed by atoms with Crippen molar-refractivity contribution in [2.45, 2.75) is 19.0 Å². The molecule has 0 aliphatic carbocycles. The van der Waals surface area contributed by atoms with Crippen LogP contribution in [0.5, 0.6) is 0 Å². The van der Waals surface area contributed by atoms with Crippen molar-refractivity contribution in [1.82, 2.24) is 9.88 Å². The minimum Gasteiger partial charge on any atom is -0.331 e. The third-order valence-electron chi connectivity index (χ3n) is 3.74. The van der Waals surface area contributed by atoms with Gasteiger partial charge in [0.05, 0.1) is 0 Å². The van der Waals surface area contributed by atoms with Crippen molar-refractivity contribution in [1.29, 1.82) is 0 Å². The summed E-state index contributed by atoms with van der Waals surface area (Å²) in [7, 11) is 1.99. The normalized spacial score (nSPS) is 17.0. The van der Waals surface area contributed by atoms with Gasteiger partial charge in [-0.05, 0) is 25.0 Å². The summed E-state index contributed by atoms with van der Waals surface area (Å²) in [6, 6.07) is 9.59. The van der Waals surface area contributed by atoms with Crippen LogP contribution >= 0.6 is 11.3 Å². The Labute approximate surface area is 134 Å². The van der Waals surface area contributed by atoms with Gasteiger partial charge in [0.25, 0.3) is 5.91 Å². The molecule has 1 aliphatic rings. The number of aromatic nitrogens is 1. The lowest BCUT2D eigenvalue weighted by Gasteiger charge is -2.31. The summed E-state index contributed by atoms with van der Waals surface area (Å²) in [6.07, 6.45) is 3.78. The number of thiazole rings is 1. The van der Waals surface area contributed by atoms with Crippen LogP contribution in [-0.2, 0) is 4.79 Å². The van der Waals surface area contributed by atoms with Crippen LogP contribution in [0.4, 0.5) is 5.13 Å². The van der Waals surface area contributed by atoms with Crippen LogP contribution in [0.1, 0.15) is 18.4 Å². The second-order valence-corrected chi connectivity index (χ2v) is 6.04. The first-order valence-corrected chi connectivity index (χ1v) is 8.13. The summed E-state index contributed by atoms with van der Waals surface area (Å²) in [5.74, 6) is 5.59. The topological polar surface area (TPSA) is 36.4 Å². The zero-order chi connectivity index (χ0) is 15.4. The van der Waals surface area contributed by atoms with E-state index in [0.29, 0.717) is 0 Å². The molecule has 0 radical (unpaired) electrons. The largest absolute Gasteiger partial charge is 0.331 e. The molecule has 0 saturated carbocycles. The Morgan fingerprint density at radius 1 is 1.41 bits per heavy atom. The monoisotopic (exact) mass is 311 g/mol. The van der Waals surface area contributed by atoms with E-state index in [2.05, 4.69) is 21.7 Å². The van der Waals surface area contributed by atoms with Crippen molar-refractivity contribution in [3.8, 4) is 11.8 Å². The average Bonchev–Trinajstić information content (AvgIpc) is 3.24. The Morgan fingerprint density at radius 3 is 2.95 bits per heavy atom. The molecule has 1 aromatic carbocycles. The quantitative estimate of drug-likeness (QED) is 0.800. The first-order valence-electron chi connectivity index (χ1n) is 7.26. The van der Waals surface area contributed by atoms with Crippen molar-refractivity contribution in [3.63, 3.8) is 0 Å². The highest BCUT2D eigenvalue weighted by atomic mass is 32.1. The van der Waals surface area contributed by atoms with Crippen molar-refractivity contribution in [2.24, 2.45) is 0 Å². The summed E-state index contributed by atoms with van der Waals surface area (Å²) in [5.41, 5.74) is 0.861. The molecule has 0 N–H and O–H groups in total. The molecule has 2 heterocycles. The molecule has 3 rings (SSSR count).